The number of carbonyl (C=O) groups is 1. The molecule has 1 saturated heterocycles. The molecule has 25 heavy (non-hydrogen) atoms. The highest BCUT2D eigenvalue weighted by atomic mass is 16.2. The maximum Gasteiger partial charge on any atom is 0.222 e. The van der Waals surface area contributed by atoms with Gasteiger partial charge in [-0.1, -0.05) is 0 Å². The predicted octanol–water partition coefficient (Wildman–Crippen LogP) is 2.71. The van der Waals surface area contributed by atoms with Crippen LogP contribution in [0.25, 0.3) is 0 Å². The number of likely N-dealkylation sites (N-methyl/N-ethyl adjacent to an activating group) is 1. The van der Waals surface area contributed by atoms with Crippen molar-refractivity contribution in [3.05, 3.63) is 54.0 Å². The Morgan fingerprint density at radius 1 is 1.08 bits per heavy atom. The van der Waals surface area contributed by atoms with E-state index in [1.165, 1.54) is 24.0 Å². The smallest absolute Gasteiger partial charge is 0.222 e. The van der Waals surface area contributed by atoms with E-state index in [2.05, 4.69) is 20.9 Å². The summed E-state index contributed by atoms with van der Waals surface area (Å²) in [5.41, 5.74) is 2.40. The Labute approximate surface area is 149 Å². The monoisotopic (exact) mass is 338 g/mol. The van der Waals surface area contributed by atoms with Gasteiger partial charge in [-0.2, -0.15) is 0 Å². The molecular formula is C20H26N4O. The number of amides is 1. The number of hydrogen-bond acceptors (Lipinski definition) is 4. The minimum Gasteiger partial charge on any atom is -0.357 e. The summed E-state index contributed by atoms with van der Waals surface area (Å²) in [5, 5.41) is 0. The van der Waals surface area contributed by atoms with Crippen molar-refractivity contribution in [2.24, 2.45) is 0 Å². The van der Waals surface area contributed by atoms with Crippen molar-refractivity contribution in [2.75, 3.05) is 31.6 Å². The third kappa shape index (κ3) is 5.02. The fourth-order valence-corrected chi connectivity index (χ4v) is 3.15. The molecule has 0 spiro atoms. The van der Waals surface area contributed by atoms with Gasteiger partial charge in [-0.25, -0.2) is 4.98 Å². The second-order valence-electron chi connectivity index (χ2n) is 6.64. The number of aryl methyl sites for hydroxylation is 1. The second kappa shape index (κ2) is 8.60. The lowest BCUT2D eigenvalue weighted by Crippen LogP contribution is -2.29. The van der Waals surface area contributed by atoms with E-state index in [0.717, 1.165) is 38.3 Å². The van der Waals surface area contributed by atoms with Gasteiger partial charge < -0.3 is 9.80 Å². The van der Waals surface area contributed by atoms with Crippen LogP contribution in [0.1, 0.15) is 30.4 Å². The number of hydrogen-bond donors (Lipinski definition) is 0. The second-order valence-corrected chi connectivity index (χ2v) is 6.64. The molecule has 2 aromatic heterocycles. The minimum atomic E-state index is 0.189. The van der Waals surface area contributed by atoms with Crippen LogP contribution in [0.5, 0.6) is 0 Å². The Bertz CT molecular complexity index is 683. The van der Waals surface area contributed by atoms with Crippen LogP contribution >= 0.6 is 0 Å². The predicted molar refractivity (Wildman–Crippen MR) is 99.6 cm³/mol. The Balaban J connectivity index is 1.47. The van der Waals surface area contributed by atoms with Gasteiger partial charge in [0, 0.05) is 51.7 Å². The van der Waals surface area contributed by atoms with Gasteiger partial charge in [0.05, 0.1) is 0 Å². The number of anilines is 1. The summed E-state index contributed by atoms with van der Waals surface area (Å²) < 4.78 is 0. The van der Waals surface area contributed by atoms with Crippen LogP contribution in [0.4, 0.5) is 5.82 Å². The molecule has 1 fully saturated rings. The minimum absolute atomic E-state index is 0.189. The first-order valence-corrected chi connectivity index (χ1v) is 9.05. The van der Waals surface area contributed by atoms with Gasteiger partial charge in [0.25, 0.3) is 0 Å². The average Bonchev–Trinajstić information content (AvgIpc) is 3.20. The first-order valence-electron chi connectivity index (χ1n) is 9.05. The summed E-state index contributed by atoms with van der Waals surface area (Å²) in [7, 11) is 1.88. The lowest BCUT2D eigenvalue weighted by molar-refractivity contribution is -0.129. The van der Waals surface area contributed by atoms with E-state index >= 15 is 0 Å². The summed E-state index contributed by atoms with van der Waals surface area (Å²) in [6.07, 6.45) is 10.1. The summed E-state index contributed by atoms with van der Waals surface area (Å²) in [6, 6.07) is 8.14. The van der Waals surface area contributed by atoms with Crippen LogP contribution in [0.3, 0.4) is 0 Å². The number of carbonyl (C=O) groups excluding carboxylic acids is 1. The van der Waals surface area contributed by atoms with Crippen molar-refractivity contribution < 1.29 is 4.79 Å². The maximum absolute atomic E-state index is 12.4. The number of pyridine rings is 2. The zero-order valence-corrected chi connectivity index (χ0v) is 14.9. The first kappa shape index (κ1) is 17.4. The molecule has 3 heterocycles. The van der Waals surface area contributed by atoms with E-state index in [0.29, 0.717) is 6.42 Å². The molecule has 0 bridgehead atoms. The van der Waals surface area contributed by atoms with E-state index in [-0.39, 0.29) is 5.91 Å². The van der Waals surface area contributed by atoms with Crippen molar-refractivity contribution in [3.8, 4) is 0 Å². The summed E-state index contributed by atoms with van der Waals surface area (Å²) >= 11 is 0. The van der Waals surface area contributed by atoms with Gasteiger partial charge in [0.1, 0.15) is 5.82 Å². The normalized spacial score (nSPS) is 13.9. The number of nitrogens with zero attached hydrogens (tertiary/aromatic N) is 4. The van der Waals surface area contributed by atoms with Gasteiger partial charge in [0.2, 0.25) is 5.91 Å². The largest absolute Gasteiger partial charge is 0.357 e. The Morgan fingerprint density at radius 3 is 2.56 bits per heavy atom. The molecule has 0 atom stereocenters. The lowest BCUT2D eigenvalue weighted by atomic mass is 10.1. The van der Waals surface area contributed by atoms with E-state index in [1.54, 1.807) is 12.4 Å². The molecule has 3 rings (SSSR count). The van der Waals surface area contributed by atoms with Crippen LogP contribution in [0, 0.1) is 0 Å². The van der Waals surface area contributed by atoms with Crippen molar-refractivity contribution in [2.45, 2.75) is 32.1 Å². The van der Waals surface area contributed by atoms with E-state index in [1.807, 2.05) is 36.3 Å². The van der Waals surface area contributed by atoms with Gasteiger partial charge in [-0.3, -0.25) is 9.78 Å². The molecule has 5 heteroatoms. The quantitative estimate of drug-likeness (QED) is 0.779. The fraction of sp³-hybridized carbons (Fsp3) is 0.450. The van der Waals surface area contributed by atoms with Crippen LogP contribution in [-0.2, 0) is 17.6 Å². The molecule has 0 saturated carbocycles. The topological polar surface area (TPSA) is 49.3 Å². The SMILES string of the molecule is CN(CCc1ccncc1)C(=O)CCc1ccnc(N2CCCC2)c1. The highest BCUT2D eigenvalue weighted by molar-refractivity contribution is 5.76. The average molecular weight is 338 g/mol. The summed E-state index contributed by atoms with van der Waals surface area (Å²) in [5.74, 6) is 1.24. The van der Waals surface area contributed by atoms with Crippen molar-refractivity contribution in [3.63, 3.8) is 0 Å². The fourth-order valence-electron chi connectivity index (χ4n) is 3.15. The molecule has 5 nitrogen and oxygen atoms in total. The Morgan fingerprint density at radius 2 is 1.80 bits per heavy atom. The maximum atomic E-state index is 12.4. The number of rotatable bonds is 7. The number of aromatic nitrogens is 2. The molecule has 0 radical (unpaired) electrons. The Hall–Kier alpha value is -2.43. The van der Waals surface area contributed by atoms with Crippen LogP contribution in [0.15, 0.2) is 42.9 Å². The molecule has 1 aliphatic heterocycles. The van der Waals surface area contributed by atoms with Crippen molar-refractivity contribution in [1.82, 2.24) is 14.9 Å². The highest BCUT2D eigenvalue weighted by Gasteiger charge is 2.14. The standard InChI is InChI=1S/C20H26N4O/c1-23(15-9-17-6-10-21-11-7-17)20(25)5-4-18-8-12-22-19(16-18)24-13-2-3-14-24/h6-8,10-12,16H,2-5,9,13-15H2,1H3. The third-order valence-corrected chi connectivity index (χ3v) is 4.78. The molecule has 0 aliphatic carbocycles. The van der Waals surface area contributed by atoms with Crippen LogP contribution in [-0.4, -0.2) is 47.5 Å². The molecule has 0 aromatic carbocycles. The highest BCUT2D eigenvalue weighted by Crippen LogP contribution is 2.19. The molecular weight excluding hydrogens is 312 g/mol. The zero-order chi connectivity index (χ0) is 17.5. The van der Waals surface area contributed by atoms with Crippen molar-refractivity contribution in [1.29, 1.82) is 0 Å². The molecule has 0 unspecified atom stereocenters. The zero-order valence-electron chi connectivity index (χ0n) is 14.9. The van der Waals surface area contributed by atoms with Crippen LogP contribution in [0.2, 0.25) is 0 Å². The van der Waals surface area contributed by atoms with E-state index in [9.17, 15) is 4.79 Å². The molecule has 1 aliphatic rings. The molecule has 2 aromatic rings. The lowest BCUT2D eigenvalue weighted by Gasteiger charge is -2.18. The van der Waals surface area contributed by atoms with E-state index in [4.69, 9.17) is 0 Å². The Kier molecular flexibility index (Phi) is 5.99. The van der Waals surface area contributed by atoms with Gasteiger partial charge in [-0.05, 0) is 61.1 Å². The molecule has 1 amide bonds. The van der Waals surface area contributed by atoms with Gasteiger partial charge >= 0.3 is 0 Å². The molecule has 0 N–H and O–H groups in total. The van der Waals surface area contributed by atoms with Crippen molar-refractivity contribution >= 4 is 11.7 Å². The van der Waals surface area contributed by atoms with Gasteiger partial charge in [0.15, 0.2) is 0 Å². The van der Waals surface area contributed by atoms with Gasteiger partial charge in [-0.15, -0.1) is 0 Å². The summed E-state index contributed by atoms with van der Waals surface area (Å²) in [4.78, 5) is 25.0. The summed E-state index contributed by atoms with van der Waals surface area (Å²) in [6.45, 7) is 2.92. The molecule has 132 valence electrons. The first-order chi connectivity index (χ1) is 12.2. The van der Waals surface area contributed by atoms with Crippen LogP contribution < -0.4 is 4.90 Å². The third-order valence-electron chi connectivity index (χ3n) is 4.78. The van der Waals surface area contributed by atoms with E-state index < -0.39 is 0 Å².